The van der Waals surface area contributed by atoms with Crippen molar-refractivity contribution < 1.29 is 23.6 Å². The number of hydrogen-bond donors (Lipinski definition) is 0. The fourth-order valence-corrected chi connectivity index (χ4v) is 3.08. The lowest BCUT2D eigenvalue weighted by atomic mass is 10.1. The first-order chi connectivity index (χ1) is 14.2. The number of pyridine rings is 1. The first-order valence-corrected chi connectivity index (χ1v) is 9.07. The quantitative estimate of drug-likeness (QED) is 0.514. The van der Waals surface area contributed by atoms with Gasteiger partial charge in [-0.15, -0.1) is 0 Å². The summed E-state index contributed by atoms with van der Waals surface area (Å²) in [5.41, 5.74) is 1.56. The first kappa shape index (κ1) is 18.6. The molecule has 1 N–H and O–H groups in total. The Hall–Kier alpha value is -3.80. The fraction of sp³-hybridized carbons (Fsp3) is 0.130. The van der Waals surface area contributed by atoms with Crippen molar-refractivity contribution in [2.45, 2.75) is 0 Å². The summed E-state index contributed by atoms with van der Waals surface area (Å²) in [5.74, 6) is 3.43. The Morgan fingerprint density at radius 2 is 1.69 bits per heavy atom. The molecule has 6 heteroatoms. The Morgan fingerprint density at radius 1 is 0.828 bits per heavy atom. The number of rotatable bonds is 5. The molecule has 146 valence electrons. The van der Waals surface area contributed by atoms with Crippen molar-refractivity contribution in [3.05, 3.63) is 72.2 Å². The number of H-pyrrole nitrogens is 1. The van der Waals surface area contributed by atoms with Crippen LogP contribution in [0.15, 0.2) is 76.3 Å². The van der Waals surface area contributed by atoms with Gasteiger partial charge in [-0.05, 0) is 47.5 Å². The van der Waals surface area contributed by atoms with Crippen LogP contribution in [0.5, 0.6) is 17.2 Å². The van der Waals surface area contributed by atoms with Crippen molar-refractivity contribution in [1.82, 2.24) is 0 Å². The van der Waals surface area contributed by atoms with Crippen LogP contribution in [-0.2, 0) is 0 Å². The molecule has 4 aromatic rings. The van der Waals surface area contributed by atoms with E-state index in [9.17, 15) is 0 Å². The Balaban J connectivity index is 1.96. The lowest BCUT2D eigenvalue weighted by Gasteiger charge is -2.10. The van der Waals surface area contributed by atoms with Crippen LogP contribution in [-0.4, -0.2) is 21.3 Å². The number of methoxy groups -OCH3 is 3. The maximum atomic E-state index is 6.18. The number of hydrogen-bond acceptors (Lipinski definition) is 5. The molecule has 0 unspecified atom stereocenters. The van der Waals surface area contributed by atoms with Crippen molar-refractivity contribution in [2.24, 2.45) is 4.99 Å². The van der Waals surface area contributed by atoms with Crippen molar-refractivity contribution in [3.8, 4) is 28.6 Å². The van der Waals surface area contributed by atoms with E-state index in [-0.39, 0.29) is 0 Å². The topological polar surface area (TPSA) is 67.3 Å². The number of aromatic nitrogens is 1. The van der Waals surface area contributed by atoms with E-state index in [0.717, 1.165) is 27.9 Å². The molecule has 2 heterocycles. The third-order valence-corrected chi connectivity index (χ3v) is 4.55. The lowest BCUT2D eigenvalue weighted by molar-refractivity contribution is -0.362. The largest absolute Gasteiger partial charge is 0.497 e. The molecule has 0 saturated carbocycles. The highest BCUT2D eigenvalue weighted by Crippen LogP contribution is 2.33. The molecule has 0 amide bonds. The molecule has 0 bridgehead atoms. The van der Waals surface area contributed by atoms with Crippen molar-refractivity contribution in [1.29, 1.82) is 0 Å². The molecule has 0 radical (unpaired) electrons. The summed E-state index contributed by atoms with van der Waals surface area (Å²) in [6, 6.07) is 19.0. The molecular formula is C23H21N2O4+. The number of ether oxygens (including phenoxy) is 3. The second-order valence-electron chi connectivity index (χ2n) is 6.29. The standard InChI is InChI=1S/C23H20N2O4/c1-26-16-8-10-19-17(13-16)18(25-23-6-4-5-11-24-23)14-21(29-19)15-7-9-20(27-2)22(12-15)28-3/h4-14H,1-3H3/p+1. The summed E-state index contributed by atoms with van der Waals surface area (Å²) >= 11 is 0. The Kier molecular flexibility index (Phi) is 5.16. The van der Waals surface area contributed by atoms with Gasteiger partial charge in [-0.3, -0.25) is 0 Å². The summed E-state index contributed by atoms with van der Waals surface area (Å²) in [6.45, 7) is 0. The van der Waals surface area contributed by atoms with Crippen molar-refractivity contribution in [3.63, 3.8) is 0 Å². The Labute approximate surface area is 168 Å². The Bertz CT molecular complexity index is 1220. The number of nitrogens with zero attached hydrogens (tertiary/aromatic N) is 1. The Morgan fingerprint density at radius 3 is 2.41 bits per heavy atom. The molecule has 0 aliphatic rings. The summed E-state index contributed by atoms with van der Waals surface area (Å²) in [6.07, 6.45) is 1.84. The molecule has 2 aromatic carbocycles. The van der Waals surface area contributed by atoms with Gasteiger partial charge in [-0.2, -0.15) is 0 Å². The average molecular weight is 389 g/mol. The molecule has 2 aromatic heterocycles. The van der Waals surface area contributed by atoms with Gasteiger partial charge in [-0.1, -0.05) is 6.07 Å². The van der Waals surface area contributed by atoms with Crippen molar-refractivity contribution in [2.75, 3.05) is 21.3 Å². The highest BCUT2D eigenvalue weighted by atomic mass is 16.5. The molecule has 0 fully saturated rings. The van der Waals surface area contributed by atoms with Gasteiger partial charge in [0.05, 0.1) is 32.9 Å². The zero-order valence-electron chi connectivity index (χ0n) is 16.4. The second kappa shape index (κ2) is 8.06. The zero-order valence-corrected chi connectivity index (χ0v) is 16.4. The van der Waals surface area contributed by atoms with Crippen LogP contribution in [0.25, 0.3) is 22.3 Å². The average Bonchev–Trinajstić information content (AvgIpc) is 2.78. The number of nitrogens with one attached hydrogen (secondary N) is 1. The van der Waals surface area contributed by atoms with E-state index in [1.165, 1.54) is 0 Å². The van der Waals surface area contributed by atoms with E-state index in [0.29, 0.717) is 22.8 Å². The molecule has 0 saturated heterocycles. The monoisotopic (exact) mass is 389 g/mol. The minimum atomic E-state index is 0.630. The normalized spacial score (nSPS) is 11.5. The molecule has 0 aliphatic heterocycles. The first-order valence-electron chi connectivity index (χ1n) is 9.07. The maximum absolute atomic E-state index is 6.18. The molecule has 4 rings (SSSR count). The van der Waals surface area contributed by atoms with E-state index < -0.39 is 0 Å². The van der Waals surface area contributed by atoms with Gasteiger partial charge in [0.25, 0.3) is 0 Å². The van der Waals surface area contributed by atoms with Crippen LogP contribution in [0.4, 0.5) is 5.82 Å². The van der Waals surface area contributed by atoms with Gasteiger partial charge in [0.2, 0.25) is 0 Å². The van der Waals surface area contributed by atoms with E-state index in [4.69, 9.17) is 23.6 Å². The minimum Gasteiger partial charge on any atom is -0.497 e. The minimum absolute atomic E-state index is 0.630. The van der Waals surface area contributed by atoms with Gasteiger partial charge >= 0.3 is 5.82 Å². The summed E-state index contributed by atoms with van der Waals surface area (Å²) in [5, 5.41) is 1.61. The van der Waals surface area contributed by atoms with Crippen LogP contribution in [0, 0.1) is 0 Å². The molecular weight excluding hydrogens is 368 g/mol. The molecule has 0 atom stereocenters. The van der Waals surface area contributed by atoms with Gasteiger partial charge in [0.1, 0.15) is 17.1 Å². The van der Waals surface area contributed by atoms with E-state index >= 15 is 0 Å². The molecule has 29 heavy (non-hydrogen) atoms. The second-order valence-corrected chi connectivity index (χ2v) is 6.29. The zero-order chi connectivity index (χ0) is 20.2. The van der Waals surface area contributed by atoms with Crippen LogP contribution in [0.1, 0.15) is 0 Å². The predicted octanol–water partition coefficient (Wildman–Crippen LogP) is 4.17. The summed E-state index contributed by atoms with van der Waals surface area (Å²) in [7, 11) is 4.86. The highest BCUT2D eigenvalue weighted by molar-refractivity contribution is 5.80. The van der Waals surface area contributed by atoms with E-state index in [2.05, 4.69) is 4.98 Å². The SMILES string of the molecule is COc1ccc2oc(-c3ccc(OC)c(OC)c3)cc(=Nc3cccc[nH+]3)c2c1. The smallest absolute Gasteiger partial charge is 0.321 e. The van der Waals surface area contributed by atoms with Crippen LogP contribution in [0.3, 0.4) is 0 Å². The predicted molar refractivity (Wildman–Crippen MR) is 110 cm³/mol. The van der Waals surface area contributed by atoms with Crippen LogP contribution < -0.4 is 24.6 Å². The van der Waals surface area contributed by atoms with E-state index in [1.54, 1.807) is 21.3 Å². The van der Waals surface area contributed by atoms with Crippen molar-refractivity contribution >= 4 is 16.8 Å². The third-order valence-electron chi connectivity index (χ3n) is 4.55. The van der Waals surface area contributed by atoms with E-state index in [1.807, 2.05) is 66.9 Å². The highest BCUT2D eigenvalue weighted by Gasteiger charge is 2.13. The van der Waals surface area contributed by atoms with Gasteiger partial charge in [-0.25, -0.2) is 4.98 Å². The van der Waals surface area contributed by atoms with Gasteiger partial charge in [0, 0.05) is 17.7 Å². The fourth-order valence-electron chi connectivity index (χ4n) is 3.08. The van der Waals surface area contributed by atoms with Gasteiger partial charge in [0.15, 0.2) is 16.9 Å². The number of benzene rings is 2. The maximum Gasteiger partial charge on any atom is 0.321 e. The summed E-state index contributed by atoms with van der Waals surface area (Å²) in [4.78, 5) is 7.92. The number of aromatic amines is 1. The van der Waals surface area contributed by atoms with Crippen LogP contribution >= 0.6 is 0 Å². The third kappa shape index (κ3) is 3.78. The lowest BCUT2D eigenvalue weighted by Crippen LogP contribution is -2.07. The van der Waals surface area contributed by atoms with Gasteiger partial charge < -0.3 is 18.6 Å². The van der Waals surface area contributed by atoms with Crippen LogP contribution in [0.2, 0.25) is 0 Å². The molecule has 0 aliphatic carbocycles. The number of fused-ring (bicyclic) bond motifs is 1. The summed E-state index contributed by atoms with van der Waals surface area (Å²) < 4.78 is 22.3. The molecule has 6 nitrogen and oxygen atoms in total. The molecule has 0 spiro atoms.